The Bertz CT molecular complexity index is 1110. The summed E-state index contributed by atoms with van der Waals surface area (Å²) in [6, 6.07) is 13.9. The molecule has 0 saturated heterocycles. The molecule has 29 heavy (non-hydrogen) atoms. The lowest BCUT2D eigenvalue weighted by Gasteiger charge is -2.14. The SMILES string of the molecule is COc1ccc(CNC(=O)C(C)OC(=O)c2nn(C)c(=O)c3ccccc23)cc1. The first-order valence-corrected chi connectivity index (χ1v) is 8.98. The Morgan fingerprint density at radius 3 is 2.41 bits per heavy atom. The van der Waals surface area contributed by atoms with Crippen molar-refractivity contribution in [3.8, 4) is 5.75 Å². The topological polar surface area (TPSA) is 99.5 Å². The van der Waals surface area contributed by atoms with Crippen LogP contribution < -0.4 is 15.6 Å². The quantitative estimate of drug-likeness (QED) is 0.639. The van der Waals surface area contributed by atoms with E-state index >= 15 is 0 Å². The van der Waals surface area contributed by atoms with E-state index in [4.69, 9.17) is 9.47 Å². The fourth-order valence-electron chi connectivity index (χ4n) is 2.80. The summed E-state index contributed by atoms with van der Waals surface area (Å²) in [7, 11) is 3.03. The van der Waals surface area contributed by atoms with Crippen molar-refractivity contribution in [1.29, 1.82) is 0 Å². The molecule has 1 amide bonds. The molecule has 0 radical (unpaired) electrons. The summed E-state index contributed by atoms with van der Waals surface area (Å²) in [6.07, 6.45) is -1.03. The van der Waals surface area contributed by atoms with Crippen LogP contribution in [0.25, 0.3) is 10.8 Å². The summed E-state index contributed by atoms with van der Waals surface area (Å²) in [5, 5.41) is 7.46. The number of methoxy groups -OCH3 is 1. The van der Waals surface area contributed by atoms with Gasteiger partial charge in [0.25, 0.3) is 11.5 Å². The Morgan fingerprint density at radius 1 is 1.10 bits per heavy atom. The van der Waals surface area contributed by atoms with Gasteiger partial charge in [0.2, 0.25) is 0 Å². The van der Waals surface area contributed by atoms with Crippen LogP contribution in [-0.2, 0) is 23.1 Å². The zero-order valence-electron chi connectivity index (χ0n) is 16.3. The van der Waals surface area contributed by atoms with Crippen LogP contribution in [0.2, 0.25) is 0 Å². The Balaban J connectivity index is 1.68. The lowest BCUT2D eigenvalue weighted by molar-refractivity contribution is -0.129. The number of aromatic nitrogens is 2. The zero-order valence-corrected chi connectivity index (χ0v) is 16.3. The molecular formula is C21H21N3O5. The molecule has 8 heteroatoms. The van der Waals surface area contributed by atoms with Crippen molar-refractivity contribution in [2.24, 2.45) is 7.05 Å². The molecule has 2 aromatic carbocycles. The molecule has 1 N–H and O–H groups in total. The van der Waals surface area contributed by atoms with Crippen molar-refractivity contribution in [1.82, 2.24) is 15.1 Å². The largest absolute Gasteiger partial charge is 0.497 e. The molecule has 150 valence electrons. The van der Waals surface area contributed by atoms with Gasteiger partial charge in [0.1, 0.15) is 5.75 Å². The number of fused-ring (bicyclic) bond motifs is 1. The molecule has 8 nitrogen and oxygen atoms in total. The van der Waals surface area contributed by atoms with Crippen molar-refractivity contribution >= 4 is 22.6 Å². The van der Waals surface area contributed by atoms with Gasteiger partial charge in [-0.2, -0.15) is 5.10 Å². The number of esters is 1. The molecule has 1 aromatic heterocycles. The molecule has 3 rings (SSSR count). The van der Waals surface area contributed by atoms with Crippen LogP contribution in [0.5, 0.6) is 5.75 Å². The highest BCUT2D eigenvalue weighted by Crippen LogP contribution is 2.15. The number of nitrogens with one attached hydrogen (secondary N) is 1. The van der Waals surface area contributed by atoms with Crippen molar-refractivity contribution < 1.29 is 19.1 Å². The third-order valence-corrected chi connectivity index (χ3v) is 4.43. The third kappa shape index (κ3) is 4.43. The summed E-state index contributed by atoms with van der Waals surface area (Å²) < 4.78 is 11.4. The number of nitrogens with zero attached hydrogens (tertiary/aromatic N) is 2. The van der Waals surface area contributed by atoms with Gasteiger partial charge in [-0.15, -0.1) is 0 Å². The number of hydrogen-bond acceptors (Lipinski definition) is 6. The first-order chi connectivity index (χ1) is 13.9. The van der Waals surface area contributed by atoms with E-state index in [1.165, 1.54) is 14.0 Å². The molecule has 1 unspecified atom stereocenters. The van der Waals surface area contributed by atoms with Gasteiger partial charge in [0, 0.05) is 19.0 Å². The fourth-order valence-corrected chi connectivity index (χ4v) is 2.80. The van der Waals surface area contributed by atoms with E-state index in [0.29, 0.717) is 10.8 Å². The summed E-state index contributed by atoms with van der Waals surface area (Å²) in [4.78, 5) is 37.1. The molecule has 1 atom stereocenters. The first-order valence-electron chi connectivity index (χ1n) is 8.98. The number of aryl methyl sites for hydroxylation is 1. The summed E-state index contributed by atoms with van der Waals surface area (Å²) in [5.74, 6) is -0.494. The van der Waals surface area contributed by atoms with Gasteiger partial charge >= 0.3 is 5.97 Å². The summed E-state index contributed by atoms with van der Waals surface area (Å²) in [6.45, 7) is 1.76. The molecule has 0 aliphatic carbocycles. The Labute approximate surface area is 167 Å². The maximum absolute atomic E-state index is 12.6. The number of carbonyl (C=O) groups excluding carboxylic acids is 2. The molecule has 0 aliphatic rings. The number of benzene rings is 2. The monoisotopic (exact) mass is 395 g/mol. The Hall–Kier alpha value is -3.68. The summed E-state index contributed by atoms with van der Waals surface area (Å²) >= 11 is 0. The molecule has 3 aromatic rings. The van der Waals surface area contributed by atoms with Crippen LogP contribution in [0.4, 0.5) is 0 Å². The molecule has 0 saturated carbocycles. The van der Waals surface area contributed by atoms with Crippen LogP contribution in [0.3, 0.4) is 0 Å². The van der Waals surface area contributed by atoms with Gasteiger partial charge in [-0.05, 0) is 30.7 Å². The van der Waals surface area contributed by atoms with Gasteiger partial charge in [-0.3, -0.25) is 9.59 Å². The van der Waals surface area contributed by atoms with E-state index in [9.17, 15) is 14.4 Å². The van der Waals surface area contributed by atoms with Crippen LogP contribution in [0.15, 0.2) is 53.3 Å². The first kappa shape index (κ1) is 20.1. The van der Waals surface area contributed by atoms with Crippen LogP contribution in [0.1, 0.15) is 23.0 Å². The lowest BCUT2D eigenvalue weighted by Crippen LogP contribution is -2.36. The highest BCUT2D eigenvalue weighted by molar-refractivity contribution is 6.02. The molecular weight excluding hydrogens is 374 g/mol. The standard InChI is InChI=1S/C21H21N3O5/c1-13(19(25)22-12-14-8-10-15(28-3)11-9-14)29-21(27)18-16-6-4-5-7-17(16)20(26)24(2)23-18/h4-11,13H,12H2,1-3H3,(H,22,25). The van der Waals surface area contributed by atoms with Crippen molar-refractivity contribution in [3.63, 3.8) is 0 Å². The minimum atomic E-state index is -1.03. The van der Waals surface area contributed by atoms with E-state index in [-0.39, 0.29) is 17.8 Å². The normalized spacial score (nSPS) is 11.7. The number of ether oxygens (including phenoxy) is 2. The van der Waals surface area contributed by atoms with Crippen molar-refractivity contribution in [2.75, 3.05) is 7.11 Å². The second kappa shape index (κ2) is 8.55. The second-order valence-corrected chi connectivity index (χ2v) is 6.44. The predicted molar refractivity (Wildman–Crippen MR) is 107 cm³/mol. The van der Waals surface area contributed by atoms with E-state index in [1.807, 2.05) is 12.1 Å². The number of rotatable bonds is 6. The fraction of sp³-hybridized carbons (Fsp3) is 0.238. The van der Waals surface area contributed by atoms with Crippen molar-refractivity contribution in [2.45, 2.75) is 19.6 Å². The third-order valence-electron chi connectivity index (χ3n) is 4.43. The van der Waals surface area contributed by atoms with Crippen LogP contribution >= 0.6 is 0 Å². The minimum Gasteiger partial charge on any atom is -0.497 e. The highest BCUT2D eigenvalue weighted by atomic mass is 16.5. The molecule has 1 heterocycles. The summed E-state index contributed by atoms with van der Waals surface area (Å²) in [5.41, 5.74) is 0.545. The number of hydrogen-bond donors (Lipinski definition) is 1. The second-order valence-electron chi connectivity index (χ2n) is 6.44. The highest BCUT2D eigenvalue weighted by Gasteiger charge is 2.22. The Morgan fingerprint density at radius 2 is 1.76 bits per heavy atom. The minimum absolute atomic E-state index is 0.0162. The maximum atomic E-state index is 12.6. The predicted octanol–water partition coefficient (Wildman–Crippen LogP) is 1.80. The van der Waals surface area contributed by atoms with Gasteiger partial charge < -0.3 is 14.8 Å². The van der Waals surface area contributed by atoms with E-state index in [1.54, 1.807) is 43.5 Å². The van der Waals surface area contributed by atoms with E-state index in [0.717, 1.165) is 16.0 Å². The smallest absolute Gasteiger partial charge is 0.360 e. The average molecular weight is 395 g/mol. The van der Waals surface area contributed by atoms with E-state index < -0.39 is 18.0 Å². The maximum Gasteiger partial charge on any atom is 0.360 e. The van der Waals surface area contributed by atoms with Crippen molar-refractivity contribution in [3.05, 3.63) is 70.1 Å². The van der Waals surface area contributed by atoms with Crippen LogP contribution in [-0.4, -0.2) is 34.9 Å². The zero-order chi connectivity index (χ0) is 21.0. The molecule has 0 aliphatic heterocycles. The van der Waals surface area contributed by atoms with E-state index in [2.05, 4.69) is 10.4 Å². The van der Waals surface area contributed by atoms with Gasteiger partial charge in [0.05, 0.1) is 12.5 Å². The number of amides is 1. The average Bonchev–Trinajstić information content (AvgIpc) is 2.74. The lowest BCUT2D eigenvalue weighted by atomic mass is 10.1. The van der Waals surface area contributed by atoms with Gasteiger partial charge in [-0.1, -0.05) is 30.3 Å². The number of carbonyl (C=O) groups is 2. The Kier molecular flexibility index (Phi) is 5.92. The van der Waals surface area contributed by atoms with Gasteiger partial charge in [-0.25, -0.2) is 9.48 Å². The molecule has 0 bridgehead atoms. The molecule has 0 spiro atoms. The van der Waals surface area contributed by atoms with Crippen LogP contribution in [0, 0.1) is 0 Å². The van der Waals surface area contributed by atoms with Gasteiger partial charge in [0.15, 0.2) is 11.8 Å². The molecule has 0 fully saturated rings.